The van der Waals surface area contributed by atoms with Gasteiger partial charge in [-0.25, -0.2) is 0 Å². The van der Waals surface area contributed by atoms with Crippen LogP contribution in [0, 0.1) is 11.3 Å². The molecular weight excluding hydrogens is 190 g/mol. The standard InChI is InChI=1S/C12H11NO2/c1-14-10-2-3-12-11(8-10)9(4-6-13)5-7-15-12/h2-4,8H,5,7H2,1H3. The number of hydrogen-bond acceptors (Lipinski definition) is 3. The summed E-state index contributed by atoms with van der Waals surface area (Å²) in [6, 6.07) is 7.69. The molecule has 0 bridgehead atoms. The van der Waals surface area contributed by atoms with Crippen LogP contribution in [0.2, 0.25) is 0 Å². The van der Waals surface area contributed by atoms with E-state index >= 15 is 0 Å². The van der Waals surface area contributed by atoms with Crippen LogP contribution in [0.5, 0.6) is 11.5 Å². The van der Waals surface area contributed by atoms with Crippen molar-refractivity contribution in [3.05, 3.63) is 29.8 Å². The van der Waals surface area contributed by atoms with Gasteiger partial charge in [0.05, 0.1) is 19.8 Å². The molecule has 2 rings (SSSR count). The van der Waals surface area contributed by atoms with Crippen LogP contribution < -0.4 is 9.47 Å². The first-order chi connectivity index (χ1) is 7.35. The molecule has 0 N–H and O–H groups in total. The Hall–Kier alpha value is -1.95. The lowest BCUT2D eigenvalue weighted by molar-refractivity contribution is 0.315. The zero-order chi connectivity index (χ0) is 10.7. The summed E-state index contributed by atoms with van der Waals surface area (Å²) in [5, 5.41) is 8.67. The van der Waals surface area contributed by atoms with Crippen molar-refractivity contribution >= 4 is 5.57 Å². The average Bonchev–Trinajstić information content (AvgIpc) is 2.29. The highest BCUT2D eigenvalue weighted by atomic mass is 16.5. The van der Waals surface area contributed by atoms with Crippen molar-refractivity contribution < 1.29 is 9.47 Å². The third-order valence-electron chi connectivity index (χ3n) is 2.40. The normalized spacial score (nSPS) is 16.4. The summed E-state index contributed by atoms with van der Waals surface area (Å²) in [7, 11) is 1.62. The highest BCUT2D eigenvalue weighted by Crippen LogP contribution is 2.35. The van der Waals surface area contributed by atoms with Crippen LogP contribution in [0.3, 0.4) is 0 Å². The van der Waals surface area contributed by atoms with Gasteiger partial charge in [-0.1, -0.05) is 0 Å². The van der Waals surface area contributed by atoms with E-state index in [2.05, 4.69) is 6.07 Å². The monoisotopic (exact) mass is 201 g/mol. The highest BCUT2D eigenvalue weighted by molar-refractivity contribution is 5.74. The van der Waals surface area contributed by atoms with Crippen LogP contribution in [0.25, 0.3) is 5.57 Å². The molecule has 3 heteroatoms. The predicted molar refractivity (Wildman–Crippen MR) is 56.7 cm³/mol. The lowest BCUT2D eigenvalue weighted by Gasteiger charge is -2.19. The van der Waals surface area contributed by atoms with E-state index in [1.165, 1.54) is 0 Å². The van der Waals surface area contributed by atoms with Crippen molar-refractivity contribution in [1.82, 2.24) is 0 Å². The zero-order valence-electron chi connectivity index (χ0n) is 8.49. The molecule has 0 unspecified atom stereocenters. The largest absolute Gasteiger partial charge is 0.497 e. The van der Waals surface area contributed by atoms with E-state index in [0.29, 0.717) is 6.61 Å². The molecular formula is C12H11NO2. The zero-order valence-corrected chi connectivity index (χ0v) is 8.49. The molecule has 0 radical (unpaired) electrons. The molecule has 1 heterocycles. The average molecular weight is 201 g/mol. The lowest BCUT2D eigenvalue weighted by Crippen LogP contribution is -2.07. The topological polar surface area (TPSA) is 42.2 Å². The Labute approximate surface area is 88.5 Å². The Morgan fingerprint density at radius 1 is 1.53 bits per heavy atom. The molecule has 3 nitrogen and oxygen atoms in total. The van der Waals surface area contributed by atoms with Crippen molar-refractivity contribution in [1.29, 1.82) is 5.26 Å². The number of allylic oxidation sites excluding steroid dienone is 1. The number of methoxy groups -OCH3 is 1. The molecule has 1 aliphatic heterocycles. The van der Waals surface area contributed by atoms with Gasteiger partial charge in [0.2, 0.25) is 0 Å². The number of rotatable bonds is 1. The van der Waals surface area contributed by atoms with E-state index < -0.39 is 0 Å². The number of fused-ring (bicyclic) bond motifs is 1. The molecule has 76 valence electrons. The van der Waals surface area contributed by atoms with E-state index in [0.717, 1.165) is 29.1 Å². The second kappa shape index (κ2) is 4.05. The minimum absolute atomic E-state index is 0.632. The van der Waals surface area contributed by atoms with Crippen LogP contribution in [-0.4, -0.2) is 13.7 Å². The van der Waals surface area contributed by atoms with Gasteiger partial charge in [-0.3, -0.25) is 0 Å². The van der Waals surface area contributed by atoms with Gasteiger partial charge < -0.3 is 9.47 Å². The van der Waals surface area contributed by atoms with Gasteiger partial charge in [0.1, 0.15) is 11.5 Å². The summed E-state index contributed by atoms with van der Waals surface area (Å²) in [6.45, 7) is 0.632. The van der Waals surface area contributed by atoms with Gasteiger partial charge in [0, 0.05) is 18.1 Å². The van der Waals surface area contributed by atoms with Crippen molar-refractivity contribution in [3.8, 4) is 17.6 Å². The molecule has 0 saturated heterocycles. The summed E-state index contributed by atoms with van der Waals surface area (Å²) >= 11 is 0. The maximum Gasteiger partial charge on any atom is 0.127 e. The first-order valence-corrected chi connectivity index (χ1v) is 4.75. The van der Waals surface area contributed by atoms with Crippen LogP contribution in [0.15, 0.2) is 24.3 Å². The predicted octanol–water partition coefficient (Wildman–Crippen LogP) is 2.38. The summed E-state index contributed by atoms with van der Waals surface area (Å²) < 4.78 is 10.6. The number of hydrogen-bond donors (Lipinski definition) is 0. The quantitative estimate of drug-likeness (QED) is 0.655. The number of nitriles is 1. The molecule has 15 heavy (non-hydrogen) atoms. The lowest BCUT2D eigenvalue weighted by atomic mass is 9.99. The molecule has 1 aromatic rings. The summed E-state index contributed by atoms with van der Waals surface area (Å²) in [5.74, 6) is 1.60. The number of nitrogens with zero attached hydrogens (tertiary/aromatic N) is 1. The number of benzene rings is 1. The van der Waals surface area contributed by atoms with Gasteiger partial charge in [0.15, 0.2) is 0 Å². The van der Waals surface area contributed by atoms with E-state index in [-0.39, 0.29) is 0 Å². The maximum absolute atomic E-state index is 8.67. The molecule has 0 saturated carbocycles. The Morgan fingerprint density at radius 3 is 3.13 bits per heavy atom. The van der Waals surface area contributed by atoms with Crippen LogP contribution in [0.4, 0.5) is 0 Å². The van der Waals surface area contributed by atoms with Crippen molar-refractivity contribution in [2.24, 2.45) is 0 Å². The fourth-order valence-corrected chi connectivity index (χ4v) is 1.65. The van der Waals surface area contributed by atoms with Gasteiger partial charge in [-0.15, -0.1) is 0 Å². The minimum atomic E-state index is 0.632. The van der Waals surface area contributed by atoms with E-state index in [9.17, 15) is 0 Å². The molecule has 0 aromatic heterocycles. The van der Waals surface area contributed by atoms with Gasteiger partial charge in [-0.05, 0) is 23.8 Å². The fraction of sp³-hybridized carbons (Fsp3) is 0.250. The summed E-state index contributed by atoms with van der Waals surface area (Å²) in [5.41, 5.74) is 1.97. The minimum Gasteiger partial charge on any atom is -0.497 e. The third kappa shape index (κ3) is 1.79. The first-order valence-electron chi connectivity index (χ1n) is 4.75. The SMILES string of the molecule is COc1ccc2c(c1)C(=CC#N)CCO2. The Morgan fingerprint density at radius 2 is 2.40 bits per heavy atom. The summed E-state index contributed by atoms with van der Waals surface area (Å²) in [4.78, 5) is 0. The van der Waals surface area contributed by atoms with Gasteiger partial charge in [-0.2, -0.15) is 5.26 Å². The molecule has 0 aliphatic carbocycles. The molecule has 1 aromatic carbocycles. The highest BCUT2D eigenvalue weighted by Gasteiger charge is 2.15. The molecule has 0 atom stereocenters. The molecule has 1 aliphatic rings. The second-order valence-electron chi connectivity index (χ2n) is 3.26. The molecule has 0 spiro atoms. The smallest absolute Gasteiger partial charge is 0.127 e. The van der Waals surface area contributed by atoms with Crippen LogP contribution >= 0.6 is 0 Å². The van der Waals surface area contributed by atoms with Crippen molar-refractivity contribution in [2.75, 3.05) is 13.7 Å². The Kier molecular flexibility index (Phi) is 2.59. The Bertz CT molecular complexity index is 443. The van der Waals surface area contributed by atoms with E-state index in [4.69, 9.17) is 14.7 Å². The van der Waals surface area contributed by atoms with Crippen molar-refractivity contribution in [2.45, 2.75) is 6.42 Å². The first kappa shape index (κ1) is 9.60. The van der Waals surface area contributed by atoms with E-state index in [1.54, 1.807) is 13.2 Å². The molecule has 0 fully saturated rings. The van der Waals surface area contributed by atoms with Gasteiger partial charge >= 0.3 is 0 Å². The Balaban J connectivity index is 2.49. The van der Waals surface area contributed by atoms with E-state index in [1.807, 2.05) is 18.2 Å². The fourth-order valence-electron chi connectivity index (χ4n) is 1.65. The number of ether oxygens (including phenoxy) is 2. The molecule has 0 amide bonds. The summed E-state index contributed by atoms with van der Waals surface area (Å²) in [6.07, 6.45) is 2.34. The van der Waals surface area contributed by atoms with Crippen LogP contribution in [0.1, 0.15) is 12.0 Å². The third-order valence-corrected chi connectivity index (χ3v) is 2.40. The van der Waals surface area contributed by atoms with Crippen molar-refractivity contribution in [3.63, 3.8) is 0 Å². The second-order valence-corrected chi connectivity index (χ2v) is 3.26. The maximum atomic E-state index is 8.67. The van der Waals surface area contributed by atoms with Gasteiger partial charge in [0.25, 0.3) is 0 Å². The van der Waals surface area contributed by atoms with Crippen LogP contribution in [-0.2, 0) is 0 Å².